The normalized spacial score (nSPS) is 41.3. The van der Waals surface area contributed by atoms with Crippen LogP contribution in [-0.2, 0) is 19.2 Å². The van der Waals surface area contributed by atoms with Crippen molar-refractivity contribution in [2.45, 2.75) is 112 Å². The van der Waals surface area contributed by atoms with E-state index < -0.39 is 70.7 Å². The van der Waals surface area contributed by atoms with Crippen LogP contribution in [0.1, 0.15) is 70.6 Å². The molecule has 4 N–H and O–H groups in total. The molecular weight excluding hydrogens is 562 g/mol. The molecule has 5 saturated carbocycles. The topological polar surface area (TPSA) is 152 Å². The average Bonchev–Trinajstić information content (AvgIpc) is 3.60. The number of aliphatic hydroxyl groups is 1. The van der Waals surface area contributed by atoms with Gasteiger partial charge < -0.3 is 26.0 Å². The van der Waals surface area contributed by atoms with E-state index in [1.165, 1.54) is 4.90 Å². The number of hydrogen-bond donors (Lipinski definition) is 4. The lowest BCUT2D eigenvalue weighted by atomic mass is 9.45. The van der Waals surface area contributed by atoms with Crippen LogP contribution in [-0.4, -0.2) is 81.8 Å². The molecule has 4 amide bonds. The molecule has 14 heteroatoms. The highest BCUT2D eigenvalue weighted by Gasteiger charge is 2.68. The zero-order valence-corrected chi connectivity index (χ0v) is 23.0. The van der Waals surface area contributed by atoms with Crippen LogP contribution >= 0.6 is 0 Å². The van der Waals surface area contributed by atoms with Crippen molar-refractivity contribution in [2.24, 2.45) is 23.2 Å². The highest BCUT2D eigenvalue weighted by Crippen LogP contribution is 2.66. The van der Waals surface area contributed by atoms with Gasteiger partial charge in [-0.3, -0.25) is 19.2 Å². The van der Waals surface area contributed by atoms with Gasteiger partial charge in [-0.25, -0.2) is 4.39 Å². The van der Waals surface area contributed by atoms with Crippen molar-refractivity contribution in [2.75, 3.05) is 6.54 Å². The van der Waals surface area contributed by atoms with Crippen molar-refractivity contribution in [1.29, 1.82) is 5.26 Å². The second-order valence-electron chi connectivity index (χ2n) is 13.8. The second-order valence-corrected chi connectivity index (χ2v) is 13.8. The van der Waals surface area contributed by atoms with Crippen molar-refractivity contribution in [1.82, 2.24) is 20.9 Å². The van der Waals surface area contributed by atoms with Crippen LogP contribution in [0.5, 0.6) is 0 Å². The van der Waals surface area contributed by atoms with Gasteiger partial charge in [0.25, 0.3) is 0 Å². The Morgan fingerprint density at radius 1 is 1.12 bits per heavy atom. The molecule has 4 unspecified atom stereocenters. The summed E-state index contributed by atoms with van der Waals surface area (Å²) < 4.78 is 56.5. The number of likely N-dealkylation sites (tertiary alicyclic amines) is 1. The van der Waals surface area contributed by atoms with Crippen molar-refractivity contribution in [3.05, 3.63) is 0 Å². The van der Waals surface area contributed by atoms with Gasteiger partial charge in [-0.1, -0.05) is 0 Å². The largest absolute Gasteiger partial charge is 0.471 e. The van der Waals surface area contributed by atoms with E-state index in [0.29, 0.717) is 32.2 Å². The fraction of sp³-hybridized carbons (Fsp3) is 0.821. The number of piperidine rings is 1. The third-order valence-electron chi connectivity index (χ3n) is 10.7. The maximum Gasteiger partial charge on any atom is 0.471 e. The fourth-order valence-electron chi connectivity index (χ4n) is 9.70. The molecule has 2 saturated heterocycles. The van der Waals surface area contributed by atoms with Crippen LogP contribution in [0.2, 0.25) is 0 Å². The van der Waals surface area contributed by atoms with Gasteiger partial charge in [-0.15, -0.1) is 0 Å². The van der Waals surface area contributed by atoms with Crippen molar-refractivity contribution in [3.63, 3.8) is 0 Å². The number of nitrogens with zero attached hydrogens (tertiary/aromatic N) is 2. The molecule has 0 aromatic carbocycles. The molecule has 7 aliphatic rings. The first kappa shape index (κ1) is 29.1. The lowest BCUT2D eigenvalue weighted by Crippen LogP contribution is -2.71. The molecule has 0 radical (unpaired) electrons. The third-order valence-corrected chi connectivity index (χ3v) is 10.7. The Morgan fingerprint density at radius 3 is 2.50 bits per heavy atom. The Balaban J connectivity index is 1.29. The van der Waals surface area contributed by atoms with Gasteiger partial charge >= 0.3 is 12.1 Å². The number of carbonyl (C=O) groups excluding carboxylic acids is 4. The first-order chi connectivity index (χ1) is 19.6. The first-order valence-corrected chi connectivity index (χ1v) is 14.7. The Hall–Kier alpha value is -2.95. The van der Waals surface area contributed by atoms with Crippen LogP contribution in [0, 0.1) is 34.5 Å². The van der Waals surface area contributed by atoms with Crippen LogP contribution in [0.25, 0.3) is 0 Å². The second kappa shape index (κ2) is 9.79. The molecule has 0 aromatic heterocycles. The minimum Gasteiger partial charge on any atom is -0.390 e. The van der Waals surface area contributed by atoms with Crippen LogP contribution in [0.3, 0.4) is 0 Å². The number of nitrogens with one attached hydrogen (secondary N) is 3. The van der Waals surface area contributed by atoms with Crippen LogP contribution < -0.4 is 16.0 Å². The number of fused-ring (bicyclic) bond motifs is 2. The summed E-state index contributed by atoms with van der Waals surface area (Å²) in [5.74, 6) is -5.20. The third kappa shape index (κ3) is 4.91. The molecule has 0 aromatic rings. The van der Waals surface area contributed by atoms with E-state index in [2.05, 4.69) is 10.6 Å². The van der Waals surface area contributed by atoms with E-state index in [1.807, 2.05) is 11.4 Å². The molecule has 7 fully saturated rings. The number of nitriles is 1. The van der Waals surface area contributed by atoms with Gasteiger partial charge in [0.2, 0.25) is 17.7 Å². The summed E-state index contributed by atoms with van der Waals surface area (Å²) in [5, 5.41) is 28.1. The summed E-state index contributed by atoms with van der Waals surface area (Å²) >= 11 is 0. The molecule has 10 atom stereocenters. The zero-order valence-electron chi connectivity index (χ0n) is 23.0. The molecule has 7 rings (SSSR count). The average molecular weight is 598 g/mol. The predicted molar refractivity (Wildman–Crippen MR) is 135 cm³/mol. The Labute approximate surface area is 239 Å². The summed E-state index contributed by atoms with van der Waals surface area (Å²) in [7, 11) is 0. The van der Waals surface area contributed by atoms with Gasteiger partial charge in [-0.2, -0.15) is 18.4 Å². The minimum atomic E-state index is -5.31. The number of carbonyl (C=O) groups is 4. The SMILES string of the molecule is N#C[C@H](C[C@@H]1CCNC1=O)NC(=O)[C@@H]1[C@H]2CC[C@H](C2)N1C(=O)[C@@H](NC(=O)C(F)(F)F)C12CC3CC(O)(CC(F)(C3)C1)C2. The van der Waals surface area contributed by atoms with Gasteiger partial charge in [-0.05, 0) is 76.0 Å². The minimum absolute atomic E-state index is 0.0781. The highest BCUT2D eigenvalue weighted by molar-refractivity contribution is 5.95. The van der Waals surface area contributed by atoms with Gasteiger partial charge in [0, 0.05) is 30.3 Å². The van der Waals surface area contributed by atoms with Gasteiger partial charge in [0.1, 0.15) is 23.8 Å². The van der Waals surface area contributed by atoms with Crippen molar-refractivity contribution in [3.8, 4) is 6.07 Å². The van der Waals surface area contributed by atoms with Crippen molar-refractivity contribution >= 4 is 23.6 Å². The number of rotatable bonds is 7. The molecular formula is C28H35F4N5O5. The number of amides is 4. The summed E-state index contributed by atoms with van der Waals surface area (Å²) in [6.07, 6.45) is -3.16. The Kier molecular flexibility index (Phi) is 6.79. The molecule has 230 valence electrons. The highest BCUT2D eigenvalue weighted by atomic mass is 19.4. The molecule has 6 bridgehead atoms. The monoisotopic (exact) mass is 597 g/mol. The first-order valence-electron chi connectivity index (χ1n) is 14.7. The standard InChI is InChI=1S/C28H35F4N5O5/c29-26-8-14-7-25(11-26,12-27(42,9-14)13-26)20(36-24(41)28(30,31)32)23(40)37-18-2-1-15(6-18)19(37)22(39)35-17(10-33)5-16-3-4-34-21(16)38/h14-20,42H,1-9,11-13H2,(H,34,38)(H,35,39)(H,36,41)/t14?,15-,16-,17-,18+,19-,20+,25?,26?,27?/m0/s1. The maximum atomic E-state index is 15.9. The molecule has 10 nitrogen and oxygen atoms in total. The number of hydrogen-bond acceptors (Lipinski definition) is 6. The molecule has 42 heavy (non-hydrogen) atoms. The molecule has 0 spiro atoms. The van der Waals surface area contributed by atoms with Crippen molar-refractivity contribution < 1.29 is 41.8 Å². The Bertz CT molecular complexity index is 1220. The van der Waals surface area contributed by atoms with E-state index in [0.717, 1.165) is 0 Å². The van der Waals surface area contributed by atoms with E-state index in [1.54, 1.807) is 0 Å². The fourth-order valence-corrected chi connectivity index (χ4v) is 9.70. The molecule has 2 aliphatic heterocycles. The molecule has 5 aliphatic carbocycles. The van der Waals surface area contributed by atoms with E-state index in [-0.39, 0.29) is 62.7 Å². The predicted octanol–water partition coefficient (Wildman–Crippen LogP) is 1.37. The lowest BCUT2D eigenvalue weighted by Gasteiger charge is -2.64. The van der Waals surface area contributed by atoms with Crippen LogP contribution in [0.15, 0.2) is 0 Å². The zero-order chi connectivity index (χ0) is 30.2. The summed E-state index contributed by atoms with van der Waals surface area (Å²) in [5.41, 5.74) is -4.82. The Morgan fingerprint density at radius 2 is 1.88 bits per heavy atom. The quantitative estimate of drug-likeness (QED) is 0.326. The van der Waals surface area contributed by atoms with E-state index in [9.17, 15) is 42.7 Å². The van der Waals surface area contributed by atoms with E-state index in [4.69, 9.17) is 0 Å². The molecule has 2 heterocycles. The number of halogens is 4. The lowest BCUT2D eigenvalue weighted by molar-refractivity contribution is -0.217. The van der Waals surface area contributed by atoms with Gasteiger partial charge in [0.15, 0.2) is 0 Å². The van der Waals surface area contributed by atoms with Crippen LogP contribution in [0.4, 0.5) is 17.6 Å². The summed E-state index contributed by atoms with van der Waals surface area (Å²) in [6.45, 7) is 0.465. The van der Waals surface area contributed by atoms with Gasteiger partial charge in [0.05, 0.1) is 11.7 Å². The smallest absolute Gasteiger partial charge is 0.390 e. The summed E-state index contributed by atoms with van der Waals surface area (Å²) in [4.78, 5) is 53.5. The maximum absolute atomic E-state index is 15.9. The number of alkyl halides is 4. The van der Waals surface area contributed by atoms with E-state index >= 15 is 4.39 Å². The summed E-state index contributed by atoms with van der Waals surface area (Å²) in [6, 6.07) is -2.39.